The number of nitrogens with two attached hydrogens (primary N) is 1. The second-order valence-electron chi connectivity index (χ2n) is 1.85. The maximum absolute atomic E-state index is 5.44. The summed E-state index contributed by atoms with van der Waals surface area (Å²) in [5.74, 6) is -1.18. The van der Waals surface area contributed by atoms with E-state index < -0.39 is 5.97 Å². The smallest absolute Gasteiger partial charge is 0.303 e. The molecule has 0 amide bonds. The van der Waals surface area contributed by atoms with E-state index in [1.165, 1.54) is 21.3 Å². The van der Waals surface area contributed by atoms with Gasteiger partial charge >= 0.3 is 5.97 Å². The Kier molecular flexibility index (Phi) is 3.81. The molecule has 0 bridgehead atoms. The van der Waals surface area contributed by atoms with Crippen LogP contribution in [0.2, 0.25) is 0 Å². The number of hydrogen-bond acceptors (Lipinski definition) is 4. The molecule has 0 aliphatic heterocycles. The molecule has 0 rings (SSSR count). The van der Waals surface area contributed by atoms with Crippen LogP contribution in [-0.4, -0.2) is 27.3 Å². The molecule has 4 nitrogen and oxygen atoms in total. The summed E-state index contributed by atoms with van der Waals surface area (Å²) < 4.78 is 14.7. The van der Waals surface area contributed by atoms with E-state index in [1.807, 2.05) is 0 Å². The molecule has 0 fully saturated rings. The van der Waals surface area contributed by atoms with Crippen molar-refractivity contribution in [3.63, 3.8) is 0 Å². The Morgan fingerprint density at radius 1 is 1.10 bits per heavy atom. The van der Waals surface area contributed by atoms with E-state index in [9.17, 15) is 0 Å². The minimum atomic E-state index is -1.18. The molecule has 0 saturated carbocycles. The Hall–Kier alpha value is -0.160. The first-order valence-corrected chi connectivity index (χ1v) is 2.88. The minimum absolute atomic E-state index is 0.431. The van der Waals surface area contributed by atoms with Gasteiger partial charge in [-0.05, 0) is 6.92 Å². The first kappa shape index (κ1) is 9.84. The van der Waals surface area contributed by atoms with E-state index >= 15 is 0 Å². The van der Waals surface area contributed by atoms with Crippen molar-refractivity contribution in [2.75, 3.05) is 21.3 Å². The minimum Gasteiger partial charge on any atom is -0.329 e. The summed E-state index contributed by atoms with van der Waals surface area (Å²) in [6.45, 7) is 1.66. The molecule has 0 heterocycles. The molecule has 0 aliphatic rings. The molecule has 4 heteroatoms. The molecule has 61 valence electrons. The Morgan fingerprint density at radius 3 is 1.40 bits per heavy atom. The van der Waals surface area contributed by atoms with E-state index in [2.05, 4.69) is 0 Å². The van der Waals surface area contributed by atoms with Gasteiger partial charge in [0.2, 0.25) is 0 Å². The summed E-state index contributed by atoms with van der Waals surface area (Å²) in [6.07, 6.45) is 0. The second-order valence-corrected chi connectivity index (χ2v) is 1.85. The molecule has 0 atom stereocenters. The van der Waals surface area contributed by atoms with Gasteiger partial charge in [0.15, 0.2) is 0 Å². The fraction of sp³-hybridized carbons (Fsp3) is 0.833. The van der Waals surface area contributed by atoms with Gasteiger partial charge in [-0.1, -0.05) is 0 Å². The molecular formula is C6H14NO3. The van der Waals surface area contributed by atoms with Crippen molar-refractivity contribution in [1.82, 2.24) is 0 Å². The fourth-order valence-electron chi connectivity index (χ4n) is 0.733. The van der Waals surface area contributed by atoms with Gasteiger partial charge in [-0.3, -0.25) is 0 Å². The first-order chi connectivity index (χ1) is 4.63. The number of hydrogen-bond donors (Lipinski definition) is 1. The van der Waals surface area contributed by atoms with Gasteiger partial charge in [0, 0.05) is 21.3 Å². The molecule has 0 saturated heterocycles. The SMILES string of the molecule is COC(OC)(OC)[C](C)N. The Bertz CT molecular complexity index is 82.7. The Balaban J connectivity index is 4.15. The number of ether oxygens (including phenoxy) is 3. The topological polar surface area (TPSA) is 53.7 Å². The van der Waals surface area contributed by atoms with Crippen molar-refractivity contribution < 1.29 is 14.2 Å². The van der Waals surface area contributed by atoms with Gasteiger partial charge in [0.05, 0.1) is 0 Å². The average Bonchev–Trinajstić information content (AvgIpc) is 1.92. The van der Waals surface area contributed by atoms with Gasteiger partial charge in [0.25, 0.3) is 0 Å². The molecule has 2 N–H and O–H groups in total. The lowest BCUT2D eigenvalue weighted by molar-refractivity contribution is -0.340. The van der Waals surface area contributed by atoms with E-state index in [4.69, 9.17) is 19.9 Å². The lowest BCUT2D eigenvalue weighted by Crippen LogP contribution is -2.45. The molecule has 0 spiro atoms. The standard InChI is InChI=1S/C6H14NO3/c1-5(7)6(8-2,9-3)10-4/h7H2,1-4H3. The predicted molar refractivity (Wildman–Crippen MR) is 36.9 cm³/mol. The quantitative estimate of drug-likeness (QED) is 0.574. The summed E-state index contributed by atoms with van der Waals surface area (Å²) >= 11 is 0. The second kappa shape index (κ2) is 3.88. The van der Waals surface area contributed by atoms with Crippen LogP contribution in [0.25, 0.3) is 0 Å². The molecule has 10 heavy (non-hydrogen) atoms. The Labute approximate surface area is 61.2 Å². The lowest BCUT2D eigenvalue weighted by atomic mass is 10.3. The highest BCUT2D eigenvalue weighted by atomic mass is 16.9. The molecule has 0 aromatic rings. The van der Waals surface area contributed by atoms with Gasteiger partial charge in [-0.2, -0.15) is 0 Å². The third kappa shape index (κ3) is 1.67. The van der Waals surface area contributed by atoms with Gasteiger partial charge in [0.1, 0.15) is 6.04 Å². The third-order valence-corrected chi connectivity index (χ3v) is 1.29. The summed E-state index contributed by atoms with van der Waals surface area (Å²) in [5, 5.41) is 0. The maximum atomic E-state index is 5.44. The van der Waals surface area contributed by atoms with Crippen LogP contribution in [0.1, 0.15) is 6.92 Å². The zero-order valence-electron chi connectivity index (χ0n) is 6.80. The summed E-state index contributed by atoms with van der Waals surface area (Å²) in [7, 11) is 4.38. The first-order valence-electron chi connectivity index (χ1n) is 2.88. The number of methoxy groups -OCH3 is 3. The van der Waals surface area contributed by atoms with Crippen molar-refractivity contribution in [2.45, 2.75) is 12.9 Å². The monoisotopic (exact) mass is 148 g/mol. The van der Waals surface area contributed by atoms with Crippen molar-refractivity contribution in [3.05, 3.63) is 6.04 Å². The van der Waals surface area contributed by atoms with Crippen molar-refractivity contribution >= 4 is 0 Å². The summed E-state index contributed by atoms with van der Waals surface area (Å²) in [6, 6.07) is 0.431. The zero-order chi connectivity index (χ0) is 8.20. The van der Waals surface area contributed by atoms with Crippen molar-refractivity contribution in [1.29, 1.82) is 0 Å². The molecule has 0 aromatic heterocycles. The van der Waals surface area contributed by atoms with E-state index in [0.29, 0.717) is 6.04 Å². The van der Waals surface area contributed by atoms with Crippen LogP contribution in [-0.2, 0) is 14.2 Å². The fourth-order valence-corrected chi connectivity index (χ4v) is 0.733. The van der Waals surface area contributed by atoms with Gasteiger partial charge in [-0.25, -0.2) is 0 Å². The van der Waals surface area contributed by atoms with E-state index in [-0.39, 0.29) is 0 Å². The van der Waals surface area contributed by atoms with E-state index in [0.717, 1.165) is 0 Å². The van der Waals surface area contributed by atoms with Crippen LogP contribution < -0.4 is 5.73 Å². The van der Waals surface area contributed by atoms with Crippen molar-refractivity contribution in [3.8, 4) is 0 Å². The van der Waals surface area contributed by atoms with Gasteiger partial charge < -0.3 is 19.9 Å². The Morgan fingerprint density at radius 2 is 1.40 bits per heavy atom. The van der Waals surface area contributed by atoms with E-state index in [1.54, 1.807) is 6.92 Å². The highest BCUT2D eigenvalue weighted by Gasteiger charge is 2.35. The molecule has 0 aromatic carbocycles. The normalized spacial score (nSPS) is 12.6. The highest BCUT2D eigenvalue weighted by molar-refractivity contribution is 4.87. The number of rotatable bonds is 4. The van der Waals surface area contributed by atoms with Crippen LogP contribution in [0.5, 0.6) is 0 Å². The molecule has 0 unspecified atom stereocenters. The third-order valence-electron chi connectivity index (χ3n) is 1.29. The van der Waals surface area contributed by atoms with Gasteiger partial charge in [-0.15, -0.1) is 0 Å². The van der Waals surface area contributed by atoms with Crippen LogP contribution in [0.15, 0.2) is 0 Å². The van der Waals surface area contributed by atoms with Crippen molar-refractivity contribution in [2.24, 2.45) is 5.73 Å². The zero-order valence-corrected chi connectivity index (χ0v) is 6.80. The molecular weight excluding hydrogens is 134 g/mol. The summed E-state index contributed by atoms with van der Waals surface area (Å²) in [5.41, 5.74) is 5.44. The maximum Gasteiger partial charge on any atom is 0.303 e. The molecule has 0 aliphatic carbocycles. The summed E-state index contributed by atoms with van der Waals surface area (Å²) in [4.78, 5) is 0. The van der Waals surface area contributed by atoms with Crippen LogP contribution in [0, 0.1) is 6.04 Å². The largest absolute Gasteiger partial charge is 0.329 e. The van der Waals surface area contributed by atoms with Crippen LogP contribution in [0.3, 0.4) is 0 Å². The predicted octanol–water partition coefficient (Wildman–Crippen LogP) is 0.0900. The average molecular weight is 148 g/mol. The highest BCUT2D eigenvalue weighted by Crippen LogP contribution is 2.19. The van der Waals surface area contributed by atoms with Crippen LogP contribution in [0.4, 0.5) is 0 Å². The molecule has 1 radical (unpaired) electrons. The lowest BCUT2D eigenvalue weighted by Gasteiger charge is -2.30. The van der Waals surface area contributed by atoms with Crippen LogP contribution >= 0.6 is 0 Å².